The SMILES string of the molecule is C=C(C)C1CC=C(CNC(=O)OC(C)C)CC1. The summed E-state index contributed by atoms with van der Waals surface area (Å²) in [4.78, 5) is 11.3. The van der Waals surface area contributed by atoms with E-state index in [1.54, 1.807) is 0 Å². The fourth-order valence-electron chi connectivity index (χ4n) is 1.94. The molecule has 0 aromatic carbocycles. The van der Waals surface area contributed by atoms with Gasteiger partial charge in [-0.3, -0.25) is 0 Å². The van der Waals surface area contributed by atoms with Crippen LogP contribution in [0.15, 0.2) is 23.8 Å². The molecular formula is C14H23NO2. The maximum absolute atomic E-state index is 11.3. The van der Waals surface area contributed by atoms with Crippen LogP contribution < -0.4 is 5.32 Å². The third-order valence-corrected chi connectivity index (χ3v) is 3.00. The minimum atomic E-state index is -0.331. The van der Waals surface area contributed by atoms with Crippen molar-refractivity contribution in [3.8, 4) is 0 Å². The van der Waals surface area contributed by atoms with Gasteiger partial charge < -0.3 is 10.1 Å². The van der Waals surface area contributed by atoms with E-state index in [0.717, 1.165) is 19.3 Å². The highest BCUT2D eigenvalue weighted by molar-refractivity contribution is 5.67. The Hall–Kier alpha value is -1.25. The molecule has 1 N–H and O–H groups in total. The summed E-state index contributed by atoms with van der Waals surface area (Å²) in [5.74, 6) is 0.612. The molecule has 0 aliphatic heterocycles. The van der Waals surface area contributed by atoms with E-state index in [1.807, 2.05) is 13.8 Å². The van der Waals surface area contributed by atoms with Crippen molar-refractivity contribution < 1.29 is 9.53 Å². The van der Waals surface area contributed by atoms with Crippen LogP contribution >= 0.6 is 0 Å². The van der Waals surface area contributed by atoms with E-state index < -0.39 is 0 Å². The van der Waals surface area contributed by atoms with E-state index in [2.05, 4.69) is 24.9 Å². The number of alkyl carbamates (subject to hydrolysis) is 1. The topological polar surface area (TPSA) is 38.3 Å². The molecule has 0 saturated carbocycles. The maximum atomic E-state index is 11.3. The van der Waals surface area contributed by atoms with Crippen molar-refractivity contribution in [1.82, 2.24) is 5.32 Å². The third kappa shape index (κ3) is 5.07. The largest absolute Gasteiger partial charge is 0.447 e. The lowest BCUT2D eigenvalue weighted by molar-refractivity contribution is 0.116. The lowest BCUT2D eigenvalue weighted by Crippen LogP contribution is -2.29. The average Bonchev–Trinajstić information content (AvgIpc) is 2.26. The number of carbonyl (C=O) groups excluding carboxylic acids is 1. The van der Waals surface area contributed by atoms with Gasteiger partial charge in [0.25, 0.3) is 0 Å². The Bertz CT molecular complexity index is 318. The molecule has 3 nitrogen and oxygen atoms in total. The molecule has 96 valence electrons. The summed E-state index contributed by atoms with van der Waals surface area (Å²) in [5, 5.41) is 2.78. The average molecular weight is 237 g/mol. The fraction of sp³-hybridized carbons (Fsp3) is 0.643. The van der Waals surface area contributed by atoms with Crippen molar-refractivity contribution in [2.45, 2.75) is 46.1 Å². The highest BCUT2D eigenvalue weighted by Crippen LogP contribution is 2.27. The van der Waals surface area contributed by atoms with Gasteiger partial charge in [-0.25, -0.2) is 4.79 Å². The first-order valence-corrected chi connectivity index (χ1v) is 6.26. The van der Waals surface area contributed by atoms with Gasteiger partial charge in [0.1, 0.15) is 0 Å². The molecule has 0 radical (unpaired) electrons. The van der Waals surface area contributed by atoms with E-state index in [-0.39, 0.29) is 12.2 Å². The molecule has 0 fully saturated rings. The molecule has 0 bridgehead atoms. The zero-order valence-corrected chi connectivity index (χ0v) is 11.1. The van der Waals surface area contributed by atoms with Crippen molar-refractivity contribution in [2.75, 3.05) is 6.54 Å². The van der Waals surface area contributed by atoms with Crippen molar-refractivity contribution >= 4 is 6.09 Å². The van der Waals surface area contributed by atoms with Gasteiger partial charge in [0.15, 0.2) is 0 Å². The summed E-state index contributed by atoms with van der Waals surface area (Å²) in [5.41, 5.74) is 2.55. The standard InChI is InChI=1S/C14H23NO2/c1-10(2)13-7-5-12(6-8-13)9-15-14(16)17-11(3)4/h5,11,13H,1,6-9H2,2-4H3,(H,15,16). The Balaban J connectivity index is 2.30. The summed E-state index contributed by atoms with van der Waals surface area (Å²) in [6.45, 7) is 10.4. The van der Waals surface area contributed by atoms with Crippen LogP contribution in [-0.2, 0) is 4.74 Å². The molecule has 0 saturated heterocycles. The van der Waals surface area contributed by atoms with Crippen molar-refractivity contribution in [3.63, 3.8) is 0 Å². The van der Waals surface area contributed by atoms with Crippen LogP contribution in [-0.4, -0.2) is 18.7 Å². The van der Waals surface area contributed by atoms with E-state index >= 15 is 0 Å². The lowest BCUT2D eigenvalue weighted by atomic mass is 9.85. The first-order chi connectivity index (χ1) is 7.99. The predicted octanol–water partition coefficient (Wildman–Crippen LogP) is 3.42. The predicted molar refractivity (Wildman–Crippen MR) is 69.9 cm³/mol. The molecule has 0 spiro atoms. The minimum absolute atomic E-state index is 0.0665. The van der Waals surface area contributed by atoms with Crippen LogP contribution in [0.4, 0.5) is 4.79 Å². The molecule has 0 heterocycles. The summed E-state index contributed by atoms with van der Waals surface area (Å²) < 4.78 is 5.01. The van der Waals surface area contributed by atoms with Gasteiger partial charge in [0.05, 0.1) is 6.10 Å². The highest BCUT2D eigenvalue weighted by atomic mass is 16.6. The van der Waals surface area contributed by atoms with Crippen molar-refractivity contribution in [1.29, 1.82) is 0 Å². The second-order valence-electron chi connectivity index (χ2n) is 4.99. The van der Waals surface area contributed by atoms with E-state index in [4.69, 9.17) is 4.74 Å². The molecule has 1 atom stereocenters. The van der Waals surface area contributed by atoms with Gasteiger partial charge in [-0.15, -0.1) is 0 Å². The van der Waals surface area contributed by atoms with Crippen LogP contribution in [0.3, 0.4) is 0 Å². The third-order valence-electron chi connectivity index (χ3n) is 3.00. The number of nitrogens with one attached hydrogen (secondary N) is 1. The minimum Gasteiger partial charge on any atom is -0.447 e. The fourth-order valence-corrected chi connectivity index (χ4v) is 1.94. The van der Waals surface area contributed by atoms with Crippen molar-refractivity contribution in [3.05, 3.63) is 23.8 Å². The smallest absolute Gasteiger partial charge is 0.407 e. The van der Waals surface area contributed by atoms with Gasteiger partial charge in [0, 0.05) is 6.54 Å². The normalized spacial score (nSPS) is 19.8. The maximum Gasteiger partial charge on any atom is 0.407 e. The van der Waals surface area contributed by atoms with E-state index in [1.165, 1.54) is 11.1 Å². The molecule has 1 amide bonds. The molecule has 1 aliphatic rings. The van der Waals surface area contributed by atoms with Crippen LogP contribution in [0.25, 0.3) is 0 Å². The quantitative estimate of drug-likeness (QED) is 0.761. The van der Waals surface area contributed by atoms with Crippen LogP contribution in [0.1, 0.15) is 40.0 Å². The Morgan fingerprint density at radius 3 is 2.82 bits per heavy atom. The highest BCUT2D eigenvalue weighted by Gasteiger charge is 2.15. The summed E-state index contributed by atoms with van der Waals surface area (Å²) in [7, 11) is 0. The second kappa shape index (κ2) is 6.48. The summed E-state index contributed by atoms with van der Waals surface area (Å²) >= 11 is 0. The number of carbonyl (C=O) groups is 1. The number of allylic oxidation sites excluding steroid dienone is 2. The summed E-state index contributed by atoms with van der Waals surface area (Å²) in [6, 6.07) is 0. The lowest BCUT2D eigenvalue weighted by Gasteiger charge is -2.22. The molecule has 3 heteroatoms. The second-order valence-corrected chi connectivity index (χ2v) is 4.99. The number of ether oxygens (including phenoxy) is 1. The zero-order valence-electron chi connectivity index (χ0n) is 11.1. The number of hydrogen-bond donors (Lipinski definition) is 1. The molecule has 17 heavy (non-hydrogen) atoms. The number of amides is 1. The molecule has 1 rings (SSSR count). The van der Waals surface area contributed by atoms with Crippen LogP contribution in [0.5, 0.6) is 0 Å². The Labute approximate surface area is 104 Å². The molecule has 0 aromatic rings. The first-order valence-electron chi connectivity index (χ1n) is 6.26. The molecular weight excluding hydrogens is 214 g/mol. The van der Waals surface area contributed by atoms with Crippen LogP contribution in [0, 0.1) is 5.92 Å². The van der Waals surface area contributed by atoms with Gasteiger partial charge in [-0.05, 0) is 46.0 Å². The Kier molecular flexibility index (Phi) is 5.26. The Morgan fingerprint density at radius 2 is 2.35 bits per heavy atom. The molecule has 0 aromatic heterocycles. The van der Waals surface area contributed by atoms with Gasteiger partial charge in [-0.2, -0.15) is 0 Å². The van der Waals surface area contributed by atoms with Gasteiger partial charge in [0.2, 0.25) is 0 Å². The molecule has 1 aliphatic carbocycles. The van der Waals surface area contributed by atoms with E-state index in [0.29, 0.717) is 12.5 Å². The number of rotatable bonds is 4. The van der Waals surface area contributed by atoms with Crippen molar-refractivity contribution in [2.24, 2.45) is 5.92 Å². The zero-order chi connectivity index (χ0) is 12.8. The molecule has 1 unspecified atom stereocenters. The van der Waals surface area contributed by atoms with Crippen LogP contribution in [0.2, 0.25) is 0 Å². The number of hydrogen-bond acceptors (Lipinski definition) is 2. The monoisotopic (exact) mass is 237 g/mol. The van der Waals surface area contributed by atoms with E-state index in [9.17, 15) is 4.79 Å². The van der Waals surface area contributed by atoms with Gasteiger partial charge in [-0.1, -0.05) is 23.8 Å². The Morgan fingerprint density at radius 1 is 1.65 bits per heavy atom. The summed E-state index contributed by atoms with van der Waals surface area (Å²) in [6.07, 6.45) is 5.05. The van der Waals surface area contributed by atoms with Gasteiger partial charge >= 0.3 is 6.09 Å². The first kappa shape index (κ1) is 13.8.